The van der Waals surface area contributed by atoms with Crippen molar-refractivity contribution in [3.05, 3.63) is 82.0 Å². The van der Waals surface area contributed by atoms with Gasteiger partial charge in [-0.2, -0.15) is 0 Å². The maximum atomic E-state index is 12.6. The topological polar surface area (TPSA) is 135 Å². The van der Waals surface area contributed by atoms with Gasteiger partial charge in [0.1, 0.15) is 12.4 Å². The summed E-state index contributed by atoms with van der Waals surface area (Å²) in [7, 11) is 3.17. The number of nitrogens with zero attached hydrogens (tertiary/aromatic N) is 4. The molecule has 290 valence electrons. The molecule has 0 bridgehead atoms. The van der Waals surface area contributed by atoms with Gasteiger partial charge in [-0.25, -0.2) is 9.78 Å². The van der Waals surface area contributed by atoms with E-state index in [2.05, 4.69) is 20.5 Å². The number of amides is 3. The summed E-state index contributed by atoms with van der Waals surface area (Å²) >= 11 is 14.2. The zero-order valence-electron chi connectivity index (χ0n) is 31.5. The highest BCUT2D eigenvalue weighted by Gasteiger charge is 2.24. The third-order valence-electron chi connectivity index (χ3n) is 10.2. The number of carbonyl (C=O) groups excluding carboxylic acids is 3. The maximum absolute atomic E-state index is 12.6. The molecule has 0 atom stereocenters. The minimum atomic E-state index is -0.539. The fourth-order valence-corrected chi connectivity index (χ4v) is 7.82. The van der Waals surface area contributed by atoms with Crippen LogP contribution >= 0.6 is 23.2 Å². The second-order valence-corrected chi connectivity index (χ2v) is 14.6. The van der Waals surface area contributed by atoms with Crippen molar-refractivity contribution in [2.24, 2.45) is 0 Å². The first-order chi connectivity index (χ1) is 26.5. The maximum Gasteiger partial charge on any atom is 0.407 e. The molecular formula is C41H46Cl2N6O6. The van der Waals surface area contributed by atoms with Gasteiger partial charge in [-0.05, 0) is 49.9 Å². The van der Waals surface area contributed by atoms with Gasteiger partial charge in [-0.1, -0.05) is 53.5 Å². The monoisotopic (exact) mass is 788 g/mol. The van der Waals surface area contributed by atoms with E-state index >= 15 is 0 Å². The summed E-state index contributed by atoms with van der Waals surface area (Å²) in [6.07, 6.45) is 4.33. The van der Waals surface area contributed by atoms with Crippen LogP contribution < -0.4 is 20.1 Å². The Bertz CT molecular complexity index is 2030. The Morgan fingerprint density at radius 1 is 0.800 bits per heavy atom. The number of alkyl carbamates (subject to hydrolysis) is 1. The van der Waals surface area contributed by atoms with E-state index in [1.165, 1.54) is 7.11 Å². The largest absolute Gasteiger partial charge is 0.496 e. The number of halogens is 2. The highest BCUT2D eigenvalue weighted by Crippen LogP contribution is 2.42. The van der Waals surface area contributed by atoms with Crippen molar-refractivity contribution in [2.75, 3.05) is 40.4 Å². The SMILES string of the molecule is COc1cc(-c2nccc(-c3cccc(-c4ccc(COC(=O)NC5CCN(C(C)=O)CC5)c(OC)n4)c3Cl)c2Cl)ccc1CN1CCC(NC(C)=O)CC1. The molecule has 12 nitrogen and oxygen atoms in total. The summed E-state index contributed by atoms with van der Waals surface area (Å²) in [5.41, 5.74) is 5.70. The molecule has 4 heterocycles. The third kappa shape index (κ3) is 9.67. The predicted molar refractivity (Wildman–Crippen MR) is 212 cm³/mol. The van der Waals surface area contributed by atoms with Crippen molar-refractivity contribution >= 4 is 41.1 Å². The first-order valence-electron chi connectivity index (χ1n) is 18.4. The molecule has 55 heavy (non-hydrogen) atoms. The summed E-state index contributed by atoms with van der Waals surface area (Å²) < 4.78 is 16.9. The molecule has 2 aromatic carbocycles. The van der Waals surface area contributed by atoms with E-state index in [9.17, 15) is 14.4 Å². The summed E-state index contributed by atoms with van der Waals surface area (Å²) in [5, 5.41) is 6.81. The first kappa shape index (κ1) is 39.8. The second kappa shape index (κ2) is 18.1. The highest BCUT2D eigenvalue weighted by atomic mass is 35.5. The smallest absolute Gasteiger partial charge is 0.407 e. The molecule has 2 saturated heterocycles. The molecule has 14 heteroatoms. The van der Waals surface area contributed by atoms with Gasteiger partial charge in [-0.3, -0.25) is 19.5 Å². The molecule has 4 aromatic rings. The molecule has 0 spiro atoms. The van der Waals surface area contributed by atoms with Crippen molar-refractivity contribution in [3.8, 4) is 45.3 Å². The molecule has 3 amide bonds. The Balaban J connectivity index is 1.15. The number of carbonyl (C=O) groups is 3. The number of benzene rings is 2. The van der Waals surface area contributed by atoms with E-state index < -0.39 is 6.09 Å². The molecule has 2 fully saturated rings. The fraction of sp³-hybridized carbons (Fsp3) is 0.390. The van der Waals surface area contributed by atoms with Crippen molar-refractivity contribution in [1.82, 2.24) is 30.4 Å². The zero-order valence-corrected chi connectivity index (χ0v) is 33.0. The lowest BCUT2D eigenvalue weighted by atomic mass is 9.99. The van der Waals surface area contributed by atoms with Crippen LogP contribution in [0.15, 0.2) is 60.8 Å². The van der Waals surface area contributed by atoms with Crippen LogP contribution in [-0.2, 0) is 27.5 Å². The number of hydrogen-bond acceptors (Lipinski definition) is 9. The lowest BCUT2D eigenvalue weighted by Gasteiger charge is -2.32. The van der Waals surface area contributed by atoms with Crippen LogP contribution in [-0.4, -0.2) is 90.2 Å². The van der Waals surface area contributed by atoms with Crippen molar-refractivity contribution in [2.45, 2.75) is 64.8 Å². The molecule has 2 aliphatic heterocycles. The van der Waals surface area contributed by atoms with Crippen LogP contribution in [0.25, 0.3) is 33.6 Å². The second-order valence-electron chi connectivity index (χ2n) is 13.8. The van der Waals surface area contributed by atoms with Gasteiger partial charge in [0, 0.05) is 92.7 Å². The summed E-state index contributed by atoms with van der Waals surface area (Å²) in [6.45, 7) is 6.77. The average Bonchev–Trinajstić information content (AvgIpc) is 3.18. The van der Waals surface area contributed by atoms with Crippen LogP contribution in [0.1, 0.15) is 50.7 Å². The van der Waals surface area contributed by atoms with Crippen molar-refractivity contribution < 1.29 is 28.6 Å². The van der Waals surface area contributed by atoms with Gasteiger partial charge in [0.05, 0.1) is 41.2 Å². The van der Waals surface area contributed by atoms with E-state index in [0.717, 1.165) is 49.4 Å². The molecular weight excluding hydrogens is 743 g/mol. The number of aromatic nitrogens is 2. The summed E-state index contributed by atoms with van der Waals surface area (Å²) in [5.74, 6) is 1.09. The lowest BCUT2D eigenvalue weighted by Crippen LogP contribution is -2.46. The van der Waals surface area contributed by atoms with E-state index in [-0.39, 0.29) is 30.5 Å². The zero-order chi connectivity index (χ0) is 39.1. The number of hydrogen-bond donors (Lipinski definition) is 2. The molecule has 2 aromatic heterocycles. The first-order valence-corrected chi connectivity index (χ1v) is 19.1. The van der Waals surface area contributed by atoms with Crippen molar-refractivity contribution in [1.29, 1.82) is 0 Å². The molecule has 0 aliphatic carbocycles. The Hall–Kier alpha value is -4.91. The Morgan fingerprint density at radius 2 is 1.47 bits per heavy atom. The number of ether oxygens (including phenoxy) is 3. The standard InChI is InChI=1S/C41H46Cl2N6O6/c1-25(50)45-30-13-18-48(19-14-30)23-28-9-8-27(22-36(28)53-3)39-38(43)33(12-17-44-39)32-6-5-7-34(37(32)42)35-11-10-29(40(47-35)54-4)24-55-41(52)46-31-15-20-49(21-16-31)26(2)51/h5-12,17,22,30-31H,13-16,18-21,23-24H2,1-4H3,(H,45,50)(H,46,52). The molecule has 0 unspecified atom stereocenters. The summed E-state index contributed by atoms with van der Waals surface area (Å²) in [6, 6.07) is 17.3. The minimum Gasteiger partial charge on any atom is -0.496 e. The van der Waals surface area contributed by atoms with Crippen LogP contribution in [0.3, 0.4) is 0 Å². The number of piperidine rings is 2. The van der Waals surface area contributed by atoms with E-state index in [1.807, 2.05) is 42.5 Å². The van der Waals surface area contributed by atoms with Crippen LogP contribution in [0, 0.1) is 0 Å². The van der Waals surface area contributed by atoms with Crippen LogP contribution in [0.5, 0.6) is 11.6 Å². The third-order valence-corrected chi connectivity index (χ3v) is 10.9. The minimum absolute atomic E-state index is 0.0115. The summed E-state index contributed by atoms with van der Waals surface area (Å²) in [4.78, 5) is 49.1. The quantitative estimate of drug-likeness (QED) is 0.163. The number of likely N-dealkylation sites (tertiary alicyclic amines) is 2. The molecule has 0 saturated carbocycles. The van der Waals surface area contributed by atoms with Gasteiger partial charge >= 0.3 is 6.09 Å². The molecule has 2 aliphatic rings. The number of methoxy groups -OCH3 is 2. The predicted octanol–water partition coefficient (Wildman–Crippen LogP) is 7.14. The Kier molecular flexibility index (Phi) is 13.1. The van der Waals surface area contributed by atoms with Gasteiger partial charge in [-0.15, -0.1) is 0 Å². The van der Waals surface area contributed by atoms with Gasteiger partial charge in [0.15, 0.2) is 0 Å². The van der Waals surface area contributed by atoms with E-state index in [1.54, 1.807) is 44.2 Å². The van der Waals surface area contributed by atoms with Crippen LogP contribution in [0.4, 0.5) is 4.79 Å². The lowest BCUT2D eigenvalue weighted by molar-refractivity contribution is -0.129. The fourth-order valence-electron chi connectivity index (χ4n) is 7.17. The number of pyridine rings is 2. The highest BCUT2D eigenvalue weighted by molar-refractivity contribution is 6.39. The van der Waals surface area contributed by atoms with E-state index in [4.69, 9.17) is 42.4 Å². The average molecular weight is 790 g/mol. The Labute approximate surface area is 331 Å². The number of nitrogens with one attached hydrogen (secondary N) is 2. The Morgan fingerprint density at radius 3 is 2.16 bits per heavy atom. The van der Waals surface area contributed by atoms with Gasteiger partial charge in [0.25, 0.3) is 0 Å². The molecule has 2 N–H and O–H groups in total. The van der Waals surface area contributed by atoms with Gasteiger partial charge < -0.3 is 29.7 Å². The molecule has 0 radical (unpaired) electrons. The van der Waals surface area contributed by atoms with Crippen molar-refractivity contribution in [3.63, 3.8) is 0 Å². The number of rotatable bonds is 11. The van der Waals surface area contributed by atoms with E-state index in [0.29, 0.717) is 75.5 Å². The van der Waals surface area contributed by atoms with Gasteiger partial charge in [0.2, 0.25) is 17.7 Å². The normalized spacial score (nSPS) is 15.3. The molecule has 6 rings (SSSR count). The van der Waals surface area contributed by atoms with Crippen LogP contribution in [0.2, 0.25) is 10.0 Å².